The van der Waals surface area contributed by atoms with Crippen LogP contribution in [0.4, 0.5) is 4.79 Å². The van der Waals surface area contributed by atoms with Gasteiger partial charge in [0.1, 0.15) is 0 Å². The van der Waals surface area contributed by atoms with Crippen molar-refractivity contribution in [1.82, 2.24) is 10.6 Å². The van der Waals surface area contributed by atoms with E-state index in [2.05, 4.69) is 10.6 Å². The number of hydrogen-bond donors (Lipinski definition) is 4. The average Bonchev–Trinajstić information content (AvgIpc) is 3.15. The summed E-state index contributed by atoms with van der Waals surface area (Å²) < 4.78 is 0. The Kier molecular flexibility index (Phi) is 3.24. The number of urea groups is 1. The number of amides is 2. The van der Waals surface area contributed by atoms with Crippen molar-refractivity contribution < 1.29 is 19.8 Å². The molecule has 1 unspecified atom stereocenters. The lowest BCUT2D eigenvalue weighted by atomic mass is 10.0. The van der Waals surface area contributed by atoms with Gasteiger partial charge in [0.25, 0.3) is 0 Å². The molecule has 0 heterocycles. The topological polar surface area (TPSA) is 98.7 Å². The fraction of sp³-hybridized carbons (Fsp3) is 0.818. The monoisotopic (exact) mass is 242 g/mol. The van der Waals surface area contributed by atoms with E-state index in [1.807, 2.05) is 0 Å². The van der Waals surface area contributed by atoms with Crippen LogP contribution >= 0.6 is 0 Å². The summed E-state index contributed by atoms with van der Waals surface area (Å²) in [6, 6.07) is -0.405. The zero-order chi connectivity index (χ0) is 12.5. The van der Waals surface area contributed by atoms with Gasteiger partial charge >= 0.3 is 12.0 Å². The maximum absolute atomic E-state index is 11.4. The number of aliphatic carboxylic acids is 1. The van der Waals surface area contributed by atoms with Crippen LogP contribution < -0.4 is 10.6 Å². The van der Waals surface area contributed by atoms with Gasteiger partial charge < -0.3 is 20.8 Å². The molecule has 2 aliphatic rings. The summed E-state index contributed by atoms with van der Waals surface area (Å²) >= 11 is 0. The van der Waals surface area contributed by atoms with Crippen LogP contribution in [0.25, 0.3) is 0 Å². The van der Waals surface area contributed by atoms with Crippen LogP contribution in [0.3, 0.4) is 0 Å². The smallest absolute Gasteiger partial charge is 0.334 e. The number of carbonyl (C=O) groups excluding carboxylic acids is 1. The molecule has 6 heteroatoms. The molecule has 2 rings (SSSR count). The van der Waals surface area contributed by atoms with Gasteiger partial charge in [-0.15, -0.1) is 0 Å². The number of rotatable bonds is 6. The predicted molar refractivity (Wildman–Crippen MR) is 59.4 cm³/mol. The van der Waals surface area contributed by atoms with Gasteiger partial charge in [0, 0.05) is 6.54 Å². The van der Waals surface area contributed by atoms with Gasteiger partial charge in [0.2, 0.25) is 0 Å². The quantitative estimate of drug-likeness (QED) is 0.523. The second-order valence-electron chi connectivity index (χ2n) is 5.05. The Morgan fingerprint density at radius 2 is 1.94 bits per heavy atom. The largest absolute Gasteiger partial charge is 0.479 e. The maximum atomic E-state index is 11.4. The van der Waals surface area contributed by atoms with Crippen LogP contribution in [0.15, 0.2) is 0 Å². The molecule has 2 amide bonds. The van der Waals surface area contributed by atoms with Gasteiger partial charge in [0.05, 0.1) is 6.54 Å². The standard InChI is InChI=1S/C11H18N2O4/c14-8(9(15)16)5-12-10(17)13-6-11(3-4-11)7-1-2-7/h7-8,14H,1-6H2,(H,15,16)(H2,12,13,17). The Morgan fingerprint density at radius 3 is 2.41 bits per heavy atom. The highest BCUT2D eigenvalue weighted by Crippen LogP contribution is 2.60. The molecule has 2 saturated carbocycles. The van der Waals surface area contributed by atoms with Crippen molar-refractivity contribution in [2.75, 3.05) is 13.1 Å². The number of nitrogens with one attached hydrogen (secondary N) is 2. The van der Waals surface area contributed by atoms with Crippen molar-refractivity contribution >= 4 is 12.0 Å². The third kappa shape index (κ3) is 3.09. The molecule has 2 fully saturated rings. The highest BCUT2D eigenvalue weighted by atomic mass is 16.4. The molecule has 17 heavy (non-hydrogen) atoms. The molecule has 0 aromatic rings. The summed E-state index contributed by atoms with van der Waals surface area (Å²) in [5.74, 6) is -0.561. The van der Waals surface area contributed by atoms with E-state index in [9.17, 15) is 9.59 Å². The van der Waals surface area contributed by atoms with Gasteiger partial charge in [-0.3, -0.25) is 0 Å². The van der Waals surface area contributed by atoms with Gasteiger partial charge in [-0.2, -0.15) is 0 Å². The van der Waals surface area contributed by atoms with Crippen LogP contribution in [0, 0.1) is 11.3 Å². The molecular formula is C11H18N2O4. The van der Waals surface area contributed by atoms with E-state index in [1.165, 1.54) is 25.7 Å². The van der Waals surface area contributed by atoms with Gasteiger partial charge in [-0.1, -0.05) is 0 Å². The Balaban J connectivity index is 1.62. The third-order valence-electron chi connectivity index (χ3n) is 3.68. The number of aliphatic hydroxyl groups is 1. The van der Waals surface area contributed by atoms with Crippen molar-refractivity contribution in [2.24, 2.45) is 11.3 Å². The van der Waals surface area contributed by atoms with Crippen LogP contribution in [-0.2, 0) is 4.79 Å². The van der Waals surface area contributed by atoms with Crippen molar-refractivity contribution in [3.63, 3.8) is 0 Å². The summed E-state index contributed by atoms with van der Waals surface area (Å²) in [5.41, 5.74) is 0.322. The molecule has 0 aliphatic heterocycles. The number of carbonyl (C=O) groups is 2. The van der Waals surface area contributed by atoms with Crippen molar-refractivity contribution in [2.45, 2.75) is 31.8 Å². The maximum Gasteiger partial charge on any atom is 0.334 e. The molecule has 0 radical (unpaired) electrons. The molecule has 0 aromatic carbocycles. The number of carboxylic acids is 1. The van der Waals surface area contributed by atoms with Crippen molar-refractivity contribution in [3.05, 3.63) is 0 Å². The molecule has 2 aliphatic carbocycles. The minimum atomic E-state index is -1.54. The average molecular weight is 242 g/mol. The van der Waals surface area contributed by atoms with E-state index in [-0.39, 0.29) is 6.54 Å². The Labute approximate surface area is 99.4 Å². The van der Waals surface area contributed by atoms with Crippen molar-refractivity contribution in [1.29, 1.82) is 0 Å². The van der Waals surface area contributed by atoms with Gasteiger partial charge in [0.15, 0.2) is 6.10 Å². The van der Waals surface area contributed by atoms with Gasteiger partial charge in [-0.05, 0) is 37.0 Å². The molecule has 4 N–H and O–H groups in total. The summed E-state index contributed by atoms with van der Waals surface area (Å²) in [6.45, 7) is 0.393. The highest BCUT2D eigenvalue weighted by Gasteiger charge is 2.53. The molecule has 96 valence electrons. The second-order valence-corrected chi connectivity index (χ2v) is 5.05. The van der Waals surface area contributed by atoms with Crippen LogP contribution in [0.1, 0.15) is 25.7 Å². The fourth-order valence-electron chi connectivity index (χ4n) is 2.18. The Bertz CT molecular complexity index is 323. The highest BCUT2D eigenvalue weighted by molar-refractivity contribution is 5.76. The number of aliphatic hydroxyl groups excluding tert-OH is 1. The first-order chi connectivity index (χ1) is 8.03. The molecular weight excluding hydrogens is 224 g/mol. The van der Waals surface area contributed by atoms with Crippen LogP contribution in [0.5, 0.6) is 0 Å². The van der Waals surface area contributed by atoms with E-state index >= 15 is 0 Å². The second kappa shape index (κ2) is 4.52. The summed E-state index contributed by atoms with van der Waals surface area (Å²) in [4.78, 5) is 21.7. The molecule has 0 aromatic heterocycles. The lowest BCUT2D eigenvalue weighted by molar-refractivity contribution is -0.146. The van der Waals surface area contributed by atoms with Gasteiger partial charge in [-0.25, -0.2) is 9.59 Å². The summed E-state index contributed by atoms with van der Waals surface area (Å²) in [6.07, 6.45) is 3.34. The molecule has 0 spiro atoms. The molecule has 6 nitrogen and oxygen atoms in total. The fourth-order valence-corrected chi connectivity index (χ4v) is 2.18. The van der Waals surface area contributed by atoms with E-state index < -0.39 is 18.1 Å². The first-order valence-electron chi connectivity index (χ1n) is 5.96. The molecule has 0 saturated heterocycles. The first kappa shape index (κ1) is 12.2. The minimum Gasteiger partial charge on any atom is -0.479 e. The first-order valence-corrected chi connectivity index (χ1v) is 5.96. The Morgan fingerprint density at radius 1 is 1.29 bits per heavy atom. The minimum absolute atomic E-state index is 0.266. The summed E-state index contributed by atoms with van der Waals surface area (Å²) in [5, 5.41) is 22.5. The van der Waals surface area contributed by atoms with Crippen LogP contribution in [0.2, 0.25) is 0 Å². The lowest BCUT2D eigenvalue weighted by Gasteiger charge is -2.15. The molecule has 0 bridgehead atoms. The van der Waals surface area contributed by atoms with E-state index in [1.54, 1.807) is 0 Å². The zero-order valence-corrected chi connectivity index (χ0v) is 9.61. The van der Waals surface area contributed by atoms with Crippen LogP contribution in [-0.4, -0.2) is 41.4 Å². The zero-order valence-electron chi connectivity index (χ0n) is 9.61. The van der Waals surface area contributed by atoms with Crippen molar-refractivity contribution in [3.8, 4) is 0 Å². The van der Waals surface area contributed by atoms with E-state index in [4.69, 9.17) is 10.2 Å². The third-order valence-corrected chi connectivity index (χ3v) is 3.68. The lowest BCUT2D eigenvalue weighted by Crippen LogP contribution is -2.43. The summed E-state index contributed by atoms with van der Waals surface area (Å²) in [7, 11) is 0. The van der Waals surface area contributed by atoms with E-state index in [0.717, 1.165) is 5.92 Å². The SMILES string of the molecule is O=C(NCC(O)C(=O)O)NCC1(C2CC2)CC1. The number of carboxylic acid groups (broad SMARTS) is 1. The van der Waals surface area contributed by atoms with E-state index in [0.29, 0.717) is 12.0 Å². The Hall–Kier alpha value is -1.30. The predicted octanol–water partition coefficient (Wildman–Crippen LogP) is -0.0787. The molecule has 1 atom stereocenters. The normalized spacial score (nSPS) is 22.6. The number of hydrogen-bond acceptors (Lipinski definition) is 3.